The van der Waals surface area contributed by atoms with Gasteiger partial charge in [-0.05, 0) is 69.3 Å². The maximum atomic E-state index is 6.08. The van der Waals surface area contributed by atoms with Crippen molar-refractivity contribution in [1.29, 1.82) is 0 Å². The van der Waals surface area contributed by atoms with Gasteiger partial charge in [0.1, 0.15) is 17.6 Å². The molecule has 0 radical (unpaired) electrons. The van der Waals surface area contributed by atoms with Crippen molar-refractivity contribution in [1.82, 2.24) is 15.1 Å². The van der Waals surface area contributed by atoms with Gasteiger partial charge in [-0.25, -0.2) is 0 Å². The molecule has 26 heavy (non-hydrogen) atoms. The Bertz CT molecular complexity index is 692. The molecule has 2 aliphatic heterocycles. The highest BCUT2D eigenvalue weighted by Gasteiger charge is 2.24. The molecule has 5 nitrogen and oxygen atoms in total. The minimum atomic E-state index is 0.166. The summed E-state index contributed by atoms with van der Waals surface area (Å²) in [5.74, 6) is 3.17. The number of H-pyrrole nitrogens is 1. The Morgan fingerprint density at radius 2 is 2.04 bits per heavy atom. The third-order valence-electron chi connectivity index (χ3n) is 5.80. The highest BCUT2D eigenvalue weighted by molar-refractivity contribution is 5.16. The van der Waals surface area contributed by atoms with Crippen LogP contribution >= 0.6 is 0 Å². The van der Waals surface area contributed by atoms with Crippen LogP contribution in [0.4, 0.5) is 0 Å². The van der Waals surface area contributed by atoms with E-state index >= 15 is 0 Å². The van der Waals surface area contributed by atoms with Crippen molar-refractivity contribution in [3.05, 3.63) is 41.1 Å². The number of ether oxygens (including phenoxy) is 1. The summed E-state index contributed by atoms with van der Waals surface area (Å²) in [5, 5.41) is 7.72. The highest BCUT2D eigenvalue weighted by atomic mass is 16.5. The van der Waals surface area contributed by atoms with E-state index in [2.05, 4.69) is 47.1 Å². The Labute approximate surface area is 156 Å². The fraction of sp³-hybridized carbons (Fsp3) is 0.667. The maximum absolute atomic E-state index is 6.08. The van der Waals surface area contributed by atoms with Crippen LogP contribution in [-0.2, 0) is 11.3 Å². The summed E-state index contributed by atoms with van der Waals surface area (Å²) in [6.45, 7) is 8.37. The molecule has 4 rings (SSSR count). The van der Waals surface area contributed by atoms with Crippen LogP contribution in [0.3, 0.4) is 0 Å². The first-order chi connectivity index (χ1) is 12.7. The number of nitrogens with zero attached hydrogens (tertiary/aromatic N) is 2. The second kappa shape index (κ2) is 7.97. The number of piperidine rings is 1. The Morgan fingerprint density at radius 3 is 2.73 bits per heavy atom. The molecule has 142 valence electrons. The number of rotatable bonds is 5. The topological polar surface area (TPSA) is 54.3 Å². The Hall–Kier alpha value is -1.59. The molecule has 5 heteroatoms. The van der Waals surface area contributed by atoms with Crippen LogP contribution in [0.15, 0.2) is 22.6 Å². The zero-order valence-electron chi connectivity index (χ0n) is 16.0. The van der Waals surface area contributed by atoms with E-state index < -0.39 is 0 Å². The molecule has 2 aromatic rings. The average molecular weight is 357 g/mol. The number of aromatic amines is 1. The molecule has 2 aliphatic rings. The summed E-state index contributed by atoms with van der Waals surface area (Å²) in [4.78, 5) is 2.50. The number of likely N-dealkylation sites (tertiary alicyclic amines) is 1. The normalized spacial score (nSPS) is 23.0. The molecule has 0 saturated carbocycles. The molecule has 0 unspecified atom stereocenters. The first-order valence-corrected chi connectivity index (χ1v) is 10.2. The van der Waals surface area contributed by atoms with E-state index in [4.69, 9.17) is 9.15 Å². The van der Waals surface area contributed by atoms with E-state index in [0.717, 1.165) is 44.2 Å². The maximum Gasteiger partial charge on any atom is 0.133 e. The molecule has 1 atom stereocenters. The summed E-state index contributed by atoms with van der Waals surface area (Å²) in [5.41, 5.74) is 2.48. The Morgan fingerprint density at radius 1 is 1.19 bits per heavy atom. The molecule has 2 fully saturated rings. The predicted molar refractivity (Wildman–Crippen MR) is 101 cm³/mol. The van der Waals surface area contributed by atoms with Gasteiger partial charge in [0.2, 0.25) is 0 Å². The van der Waals surface area contributed by atoms with Crippen LogP contribution in [0.1, 0.15) is 86.8 Å². The molecule has 0 amide bonds. The Kier molecular flexibility index (Phi) is 5.46. The van der Waals surface area contributed by atoms with E-state index in [9.17, 15) is 0 Å². The molecular weight excluding hydrogens is 326 g/mol. The van der Waals surface area contributed by atoms with Crippen LogP contribution < -0.4 is 0 Å². The highest BCUT2D eigenvalue weighted by Crippen LogP contribution is 2.31. The summed E-state index contributed by atoms with van der Waals surface area (Å²) in [6, 6.07) is 6.49. The molecule has 4 heterocycles. The summed E-state index contributed by atoms with van der Waals surface area (Å²) in [6.07, 6.45) is 6.02. The zero-order valence-corrected chi connectivity index (χ0v) is 16.0. The lowest BCUT2D eigenvalue weighted by atomic mass is 9.93. The van der Waals surface area contributed by atoms with Crippen molar-refractivity contribution in [3.8, 4) is 0 Å². The van der Waals surface area contributed by atoms with Gasteiger partial charge >= 0.3 is 0 Å². The lowest BCUT2D eigenvalue weighted by molar-refractivity contribution is 0.000765. The molecule has 0 spiro atoms. The van der Waals surface area contributed by atoms with E-state index in [1.54, 1.807) is 0 Å². The van der Waals surface area contributed by atoms with E-state index in [0.29, 0.717) is 11.8 Å². The third kappa shape index (κ3) is 4.04. The van der Waals surface area contributed by atoms with Gasteiger partial charge in [-0.2, -0.15) is 5.10 Å². The average Bonchev–Trinajstić information content (AvgIpc) is 3.33. The lowest BCUT2D eigenvalue weighted by Gasteiger charge is -2.30. The first kappa shape index (κ1) is 17.8. The van der Waals surface area contributed by atoms with Crippen LogP contribution in [0, 0.1) is 0 Å². The van der Waals surface area contributed by atoms with Gasteiger partial charge in [0.25, 0.3) is 0 Å². The molecule has 0 aromatic carbocycles. The molecule has 2 saturated heterocycles. The van der Waals surface area contributed by atoms with Crippen molar-refractivity contribution in [2.75, 3.05) is 19.7 Å². The van der Waals surface area contributed by atoms with Crippen molar-refractivity contribution < 1.29 is 9.15 Å². The molecule has 0 aliphatic carbocycles. The molecule has 2 aromatic heterocycles. The summed E-state index contributed by atoms with van der Waals surface area (Å²) in [7, 11) is 0. The molecule has 1 N–H and O–H groups in total. The Balaban J connectivity index is 1.29. The van der Waals surface area contributed by atoms with Gasteiger partial charge in [0.05, 0.1) is 12.2 Å². The van der Waals surface area contributed by atoms with Gasteiger partial charge in [-0.15, -0.1) is 0 Å². The minimum absolute atomic E-state index is 0.166. The standard InChI is InChI=1S/C21H31N3O2/c1-15(2)18-13-19(23-22-18)16-8-10-24(11-9-16)14-17-6-7-21(26-17)20-5-3-4-12-25-20/h6-7,13,15-16,20H,3-5,8-12,14H2,1-2H3,(H,22,23)/t20-/m0/s1. The molecule has 0 bridgehead atoms. The number of hydrogen-bond acceptors (Lipinski definition) is 4. The summed E-state index contributed by atoms with van der Waals surface area (Å²) < 4.78 is 11.9. The van der Waals surface area contributed by atoms with E-state index in [1.165, 1.54) is 37.1 Å². The van der Waals surface area contributed by atoms with Gasteiger partial charge in [0.15, 0.2) is 0 Å². The second-order valence-corrected chi connectivity index (χ2v) is 8.11. The van der Waals surface area contributed by atoms with Gasteiger partial charge < -0.3 is 9.15 Å². The van der Waals surface area contributed by atoms with Crippen LogP contribution in [-0.4, -0.2) is 34.8 Å². The van der Waals surface area contributed by atoms with Gasteiger partial charge in [-0.1, -0.05) is 13.8 Å². The quantitative estimate of drug-likeness (QED) is 0.839. The third-order valence-corrected chi connectivity index (χ3v) is 5.80. The first-order valence-electron chi connectivity index (χ1n) is 10.2. The van der Waals surface area contributed by atoms with Crippen molar-refractivity contribution in [3.63, 3.8) is 0 Å². The van der Waals surface area contributed by atoms with Crippen LogP contribution in [0.5, 0.6) is 0 Å². The van der Waals surface area contributed by atoms with Gasteiger partial charge in [0, 0.05) is 18.2 Å². The van der Waals surface area contributed by atoms with Gasteiger partial charge in [-0.3, -0.25) is 10.00 Å². The molecular formula is C21H31N3O2. The van der Waals surface area contributed by atoms with Crippen molar-refractivity contribution in [2.24, 2.45) is 0 Å². The summed E-state index contributed by atoms with van der Waals surface area (Å²) >= 11 is 0. The van der Waals surface area contributed by atoms with Crippen LogP contribution in [0.25, 0.3) is 0 Å². The minimum Gasteiger partial charge on any atom is -0.462 e. The number of furan rings is 1. The smallest absolute Gasteiger partial charge is 0.133 e. The van der Waals surface area contributed by atoms with E-state index in [-0.39, 0.29) is 6.10 Å². The number of aromatic nitrogens is 2. The largest absolute Gasteiger partial charge is 0.462 e. The lowest BCUT2D eigenvalue weighted by Crippen LogP contribution is -2.32. The fourth-order valence-corrected chi connectivity index (χ4v) is 4.10. The van der Waals surface area contributed by atoms with Crippen molar-refractivity contribution in [2.45, 2.75) is 70.4 Å². The zero-order chi connectivity index (χ0) is 17.9. The number of hydrogen-bond donors (Lipinski definition) is 1. The monoisotopic (exact) mass is 357 g/mol. The SMILES string of the molecule is CC(C)c1cc(C2CCN(Cc3ccc([C@@H]4CCCCO4)o3)CC2)[nH]n1. The second-order valence-electron chi connectivity index (χ2n) is 8.11. The fourth-order valence-electron chi connectivity index (χ4n) is 4.10. The van der Waals surface area contributed by atoms with Crippen LogP contribution in [0.2, 0.25) is 0 Å². The van der Waals surface area contributed by atoms with E-state index in [1.807, 2.05) is 0 Å². The number of nitrogens with one attached hydrogen (secondary N) is 1. The predicted octanol–water partition coefficient (Wildman–Crippen LogP) is 4.75. The van der Waals surface area contributed by atoms with Crippen molar-refractivity contribution >= 4 is 0 Å².